The molecule has 1 atom stereocenters. The van der Waals surface area contributed by atoms with Crippen LogP contribution in [-0.4, -0.2) is 46.7 Å². The number of nitrogens with zero attached hydrogens (tertiary/aromatic N) is 3. The summed E-state index contributed by atoms with van der Waals surface area (Å²) in [5.74, 6) is 0.506. The number of amides is 1. The Hall–Kier alpha value is -2.67. The van der Waals surface area contributed by atoms with Gasteiger partial charge in [0.15, 0.2) is 5.76 Å². The van der Waals surface area contributed by atoms with Gasteiger partial charge < -0.3 is 18.6 Å². The summed E-state index contributed by atoms with van der Waals surface area (Å²) >= 11 is 0. The van der Waals surface area contributed by atoms with Crippen molar-refractivity contribution in [2.45, 2.75) is 20.0 Å². The van der Waals surface area contributed by atoms with Gasteiger partial charge in [-0.05, 0) is 32.0 Å². The largest absolute Gasteiger partial charge is 0.463 e. The predicted molar refractivity (Wildman–Crippen MR) is 85.6 cm³/mol. The van der Waals surface area contributed by atoms with Crippen molar-refractivity contribution in [3.8, 4) is 11.5 Å². The number of morpholine rings is 1. The molecule has 3 aromatic rings. The minimum atomic E-state index is -0.0725. The molecule has 0 N–H and O–H groups in total. The molecule has 1 aliphatic heterocycles. The van der Waals surface area contributed by atoms with E-state index in [2.05, 4.69) is 10.1 Å². The average Bonchev–Trinajstić information content (AvgIpc) is 3.24. The van der Waals surface area contributed by atoms with E-state index in [0.29, 0.717) is 53.5 Å². The molecule has 4 heterocycles. The quantitative estimate of drug-likeness (QED) is 0.720. The molecule has 3 aromatic heterocycles. The van der Waals surface area contributed by atoms with Gasteiger partial charge >= 0.3 is 0 Å². The zero-order chi connectivity index (χ0) is 16.7. The lowest BCUT2D eigenvalue weighted by molar-refractivity contribution is -0.0123. The van der Waals surface area contributed by atoms with Gasteiger partial charge in [-0.25, -0.2) is 4.98 Å². The van der Waals surface area contributed by atoms with E-state index in [9.17, 15) is 4.79 Å². The molecule has 4 rings (SSSR count). The van der Waals surface area contributed by atoms with E-state index in [0.717, 1.165) is 0 Å². The average molecular weight is 327 g/mol. The molecule has 7 heteroatoms. The fraction of sp³-hybridized carbons (Fsp3) is 0.353. The zero-order valence-electron chi connectivity index (χ0n) is 13.5. The molecule has 0 unspecified atom stereocenters. The lowest BCUT2D eigenvalue weighted by atomic mass is 10.1. The summed E-state index contributed by atoms with van der Waals surface area (Å²) in [5.41, 5.74) is 2.06. The van der Waals surface area contributed by atoms with Gasteiger partial charge in [0.1, 0.15) is 5.69 Å². The number of carbonyl (C=O) groups is 1. The minimum Gasteiger partial charge on any atom is -0.463 e. The summed E-state index contributed by atoms with van der Waals surface area (Å²) in [6.07, 6.45) is 1.59. The number of pyridine rings is 1. The van der Waals surface area contributed by atoms with E-state index < -0.39 is 0 Å². The van der Waals surface area contributed by atoms with E-state index in [1.54, 1.807) is 36.3 Å². The van der Waals surface area contributed by atoms with Crippen LogP contribution in [0.5, 0.6) is 0 Å². The van der Waals surface area contributed by atoms with Crippen LogP contribution in [0.4, 0.5) is 0 Å². The molecule has 7 nitrogen and oxygen atoms in total. The molecule has 24 heavy (non-hydrogen) atoms. The van der Waals surface area contributed by atoms with Gasteiger partial charge in [0, 0.05) is 13.1 Å². The lowest BCUT2D eigenvalue weighted by Crippen LogP contribution is -2.44. The van der Waals surface area contributed by atoms with Crippen LogP contribution in [0.1, 0.15) is 23.0 Å². The third kappa shape index (κ3) is 2.46. The molecular weight excluding hydrogens is 310 g/mol. The summed E-state index contributed by atoms with van der Waals surface area (Å²) in [6, 6.07) is 5.31. The first kappa shape index (κ1) is 14.9. The number of aromatic nitrogens is 2. The molecular formula is C17H17N3O4. The fourth-order valence-corrected chi connectivity index (χ4v) is 2.99. The molecule has 0 saturated carbocycles. The normalized spacial score (nSPS) is 18.2. The molecule has 1 fully saturated rings. The number of hydrogen-bond donors (Lipinski definition) is 0. The summed E-state index contributed by atoms with van der Waals surface area (Å²) < 4.78 is 16.2. The molecule has 0 spiro atoms. The Labute approximate surface area is 138 Å². The first-order valence-electron chi connectivity index (χ1n) is 7.85. The topological polar surface area (TPSA) is 81.6 Å². The molecule has 0 radical (unpaired) electrons. The van der Waals surface area contributed by atoms with Crippen LogP contribution in [0.2, 0.25) is 0 Å². The van der Waals surface area contributed by atoms with Crippen LogP contribution in [0.25, 0.3) is 22.6 Å². The van der Waals surface area contributed by atoms with E-state index >= 15 is 0 Å². The highest BCUT2D eigenvalue weighted by Crippen LogP contribution is 2.28. The molecule has 0 aliphatic carbocycles. The Morgan fingerprint density at radius 3 is 3.04 bits per heavy atom. The van der Waals surface area contributed by atoms with Crippen molar-refractivity contribution in [1.82, 2.24) is 15.0 Å². The summed E-state index contributed by atoms with van der Waals surface area (Å²) in [7, 11) is 0. The Kier molecular flexibility index (Phi) is 3.57. The molecule has 124 valence electrons. The molecule has 1 aliphatic rings. The van der Waals surface area contributed by atoms with Gasteiger partial charge in [-0.3, -0.25) is 4.79 Å². The standard InChI is InChI=1S/C17H17N3O4/c1-10-9-20(5-7-22-10)17(21)12-8-13(14-4-3-6-23-14)18-16-15(12)11(2)19-24-16/h3-4,6,8,10H,5,7,9H2,1-2H3/t10-/m1/s1. The van der Waals surface area contributed by atoms with Crippen molar-refractivity contribution >= 4 is 17.0 Å². The smallest absolute Gasteiger partial charge is 0.259 e. The maximum atomic E-state index is 13.1. The monoisotopic (exact) mass is 327 g/mol. The number of carbonyl (C=O) groups excluding carboxylic acids is 1. The van der Waals surface area contributed by atoms with Crippen LogP contribution in [0, 0.1) is 6.92 Å². The van der Waals surface area contributed by atoms with Crippen molar-refractivity contribution in [2.75, 3.05) is 19.7 Å². The Morgan fingerprint density at radius 2 is 2.29 bits per heavy atom. The summed E-state index contributed by atoms with van der Waals surface area (Å²) in [4.78, 5) is 19.3. The Balaban J connectivity index is 1.83. The van der Waals surface area contributed by atoms with Crippen molar-refractivity contribution in [2.24, 2.45) is 0 Å². The van der Waals surface area contributed by atoms with Gasteiger partial charge in [-0.15, -0.1) is 0 Å². The maximum absolute atomic E-state index is 13.1. The highest BCUT2D eigenvalue weighted by atomic mass is 16.5. The van der Waals surface area contributed by atoms with Gasteiger partial charge in [-0.2, -0.15) is 0 Å². The SMILES string of the molecule is Cc1noc2nc(-c3ccco3)cc(C(=O)N3CCO[C@H](C)C3)c12. The molecule has 1 saturated heterocycles. The van der Waals surface area contributed by atoms with E-state index in [-0.39, 0.29) is 12.0 Å². The van der Waals surface area contributed by atoms with Gasteiger partial charge in [0.2, 0.25) is 0 Å². The van der Waals surface area contributed by atoms with E-state index in [4.69, 9.17) is 13.7 Å². The highest BCUT2D eigenvalue weighted by Gasteiger charge is 2.27. The van der Waals surface area contributed by atoms with Crippen LogP contribution in [0.3, 0.4) is 0 Å². The first-order chi connectivity index (χ1) is 11.6. The fourth-order valence-electron chi connectivity index (χ4n) is 2.99. The number of hydrogen-bond acceptors (Lipinski definition) is 6. The third-order valence-electron chi connectivity index (χ3n) is 4.15. The maximum Gasteiger partial charge on any atom is 0.259 e. The number of fused-ring (bicyclic) bond motifs is 1. The second-order valence-electron chi connectivity index (χ2n) is 5.91. The number of furan rings is 1. The van der Waals surface area contributed by atoms with E-state index in [1.807, 2.05) is 6.92 Å². The van der Waals surface area contributed by atoms with Gasteiger partial charge in [-0.1, -0.05) is 5.16 Å². The van der Waals surface area contributed by atoms with Crippen molar-refractivity contribution < 1.29 is 18.5 Å². The van der Waals surface area contributed by atoms with E-state index in [1.165, 1.54) is 0 Å². The number of aryl methyl sites for hydroxylation is 1. The second kappa shape index (κ2) is 5.76. The van der Waals surface area contributed by atoms with Gasteiger partial charge in [0.25, 0.3) is 11.6 Å². The number of rotatable bonds is 2. The first-order valence-corrected chi connectivity index (χ1v) is 7.85. The van der Waals surface area contributed by atoms with Crippen molar-refractivity contribution in [1.29, 1.82) is 0 Å². The minimum absolute atomic E-state index is 0.0214. The number of ether oxygens (including phenoxy) is 1. The van der Waals surface area contributed by atoms with Crippen molar-refractivity contribution in [3.63, 3.8) is 0 Å². The van der Waals surface area contributed by atoms with Gasteiger partial charge in [0.05, 0.1) is 35.6 Å². The zero-order valence-corrected chi connectivity index (χ0v) is 13.5. The molecule has 0 aromatic carbocycles. The van der Waals surface area contributed by atoms with Crippen LogP contribution >= 0.6 is 0 Å². The Bertz CT molecular complexity index is 885. The lowest BCUT2D eigenvalue weighted by Gasteiger charge is -2.31. The van der Waals surface area contributed by atoms with Crippen molar-refractivity contribution in [3.05, 3.63) is 35.7 Å². The Morgan fingerprint density at radius 1 is 1.42 bits per heavy atom. The highest BCUT2D eigenvalue weighted by molar-refractivity contribution is 6.06. The molecule has 1 amide bonds. The molecule has 0 bridgehead atoms. The van der Waals surface area contributed by atoms with Crippen LogP contribution < -0.4 is 0 Å². The van der Waals surface area contributed by atoms with Crippen LogP contribution in [-0.2, 0) is 4.74 Å². The second-order valence-corrected chi connectivity index (χ2v) is 5.91. The third-order valence-corrected chi connectivity index (χ3v) is 4.15. The summed E-state index contributed by atoms with van der Waals surface area (Å²) in [6.45, 7) is 5.42. The van der Waals surface area contributed by atoms with Crippen LogP contribution in [0.15, 0.2) is 33.4 Å². The predicted octanol–water partition coefficient (Wildman–Crippen LogP) is 2.65. The summed E-state index contributed by atoms with van der Waals surface area (Å²) in [5, 5.41) is 4.61.